The van der Waals surface area contributed by atoms with E-state index in [1.165, 1.54) is 10.7 Å². The second kappa shape index (κ2) is 6.16. The highest BCUT2D eigenvalue weighted by Crippen LogP contribution is 2.17. The number of amidine groups is 1. The van der Waals surface area contributed by atoms with Gasteiger partial charge in [-0.1, -0.05) is 23.7 Å². The van der Waals surface area contributed by atoms with Crippen LogP contribution in [0.25, 0.3) is 0 Å². The van der Waals surface area contributed by atoms with Gasteiger partial charge in [-0.25, -0.2) is 0 Å². The van der Waals surface area contributed by atoms with Gasteiger partial charge in [-0.05, 0) is 29.5 Å². The summed E-state index contributed by atoms with van der Waals surface area (Å²) in [6, 6.07) is 8.00. The average Bonchev–Trinajstić information content (AvgIpc) is 2.20. The molecule has 16 heavy (non-hydrogen) atoms. The Bertz CT molecular complexity index is 367. The van der Waals surface area contributed by atoms with Crippen molar-refractivity contribution in [3.8, 4) is 0 Å². The number of nitrogens with zero attached hydrogens (tertiary/aromatic N) is 2. The van der Waals surface area contributed by atoms with Crippen LogP contribution < -0.4 is 0 Å². The summed E-state index contributed by atoms with van der Waals surface area (Å²) in [6.45, 7) is 0. The van der Waals surface area contributed by atoms with Crippen LogP contribution in [0.1, 0.15) is 5.56 Å². The van der Waals surface area contributed by atoms with Crippen LogP contribution in [0.5, 0.6) is 0 Å². The Balaban J connectivity index is 2.63. The molecule has 0 saturated carbocycles. The smallest absolute Gasteiger partial charge is 0.262 e. The Kier molecular flexibility index (Phi) is 5.16. The Labute approximate surface area is 107 Å². The van der Waals surface area contributed by atoms with Crippen molar-refractivity contribution in [2.45, 2.75) is 5.75 Å². The number of hydrogen-bond donors (Lipinski definition) is 0. The lowest BCUT2D eigenvalue weighted by molar-refractivity contribution is -0.466. The maximum atomic E-state index is 5.85. The fourth-order valence-corrected chi connectivity index (χ4v) is 2.52. The molecular formula is C12H18ClN2S+. The molecule has 0 heterocycles. The summed E-state index contributed by atoms with van der Waals surface area (Å²) in [5.41, 5.74) is 1.29. The van der Waals surface area contributed by atoms with Gasteiger partial charge in [-0.15, -0.1) is 0 Å². The average molecular weight is 258 g/mol. The van der Waals surface area contributed by atoms with E-state index in [2.05, 4.69) is 49.8 Å². The van der Waals surface area contributed by atoms with Gasteiger partial charge >= 0.3 is 5.17 Å². The molecule has 0 atom stereocenters. The van der Waals surface area contributed by atoms with Crippen LogP contribution in [0, 0.1) is 0 Å². The lowest BCUT2D eigenvalue weighted by Gasteiger charge is -2.10. The third-order valence-electron chi connectivity index (χ3n) is 2.05. The van der Waals surface area contributed by atoms with Crippen LogP contribution in [-0.2, 0) is 5.75 Å². The van der Waals surface area contributed by atoms with Crippen LogP contribution >= 0.6 is 23.4 Å². The molecule has 0 amide bonds. The highest BCUT2D eigenvalue weighted by Gasteiger charge is 2.12. The van der Waals surface area contributed by atoms with Crippen molar-refractivity contribution in [3.05, 3.63) is 34.9 Å². The summed E-state index contributed by atoms with van der Waals surface area (Å²) in [4.78, 5) is 2.13. The van der Waals surface area contributed by atoms with Gasteiger partial charge in [-0.3, -0.25) is 9.48 Å². The summed E-state index contributed by atoms with van der Waals surface area (Å²) in [5.74, 6) is 0.961. The predicted octanol–water partition coefficient (Wildman–Crippen LogP) is 2.76. The van der Waals surface area contributed by atoms with Crippen molar-refractivity contribution >= 4 is 28.5 Å². The van der Waals surface area contributed by atoms with Crippen molar-refractivity contribution in [1.82, 2.24) is 4.90 Å². The molecule has 0 aliphatic carbocycles. The standard InChI is InChI=1S/C12H18ClN2S/c1-14(2)12(15(3)4)16-9-10-5-7-11(13)8-6-10/h5-8H,9H2,1-4H3/q+1. The molecule has 1 aromatic carbocycles. The van der Waals surface area contributed by atoms with Crippen LogP contribution in [-0.4, -0.2) is 42.8 Å². The fourth-order valence-electron chi connectivity index (χ4n) is 1.39. The van der Waals surface area contributed by atoms with E-state index >= 15 is 0 Å². The van der Waals surface area contributed by atoms with Crippen LogP contribution in [0.4, 0.5) is 0 Å². The molecule has 0 aliphatic heterocycles. The monoisotopic (exact) mass is 257 g/mol. The summed E-state index contributed by atoms with van der Waals surface area (Å²) < 4.78 is 2.13. The number of rotatable bonds is 2. The van der Waals surface area contributed by atoms with E-state index in [9.17, 15) is 0 Å². The van der Waals surface area contributed by atoms with E-state index in [1.807, 2.05) is 23.9 Å². The molecule has 1 rings (SSSR count). The van der Waals surface area contributed by atoms with Crippen molar-refractivity contribution in [2.24, 2.45) is 0 Å². The zero-order valence-electron chi connectivity index (χ0n) is 10.2. The summed E-state index contributed by atoms with van der Waals surface area (Å²) in [5, 5.41) is 2.04. The number of halogens is 1. The number of hydrogen-bond acceptors (Lipinski definition) is 1. The van der Waals surface area contributed by atoms with E-state index in [0.29, 0.717) is 0 Å². The first kappa shape index (κ1) is 13.4. The van der Waals surface area contributed by atoms with Crippen molar-refractivity contribution in [1.29, 1.82) is 0 Å². The third kappa shape index (κ3) is 4.06. The number of thioether (sulfide) groups is 1. The molecule has 0 saturated heterocycles. The van der Waals surface area contributed by atoms with Crippen molar-refractivity contribution < 1.29 is 4.58 Å². The van der Waals surface area contributed by atoms with Gasteiger partial charge in [-0.2, -0.15) is 0 Å². The first-order valence-corrected chi connectivity index (χ1v) is 6.46. The Morgan fingerprint density at radius 2 is 1.81 bits per heavy atom. The van der Waals surface area contributed by atoms with Gasteiger partial charge in [0.1, 0.15) is 0 Å². The SMILES string of the molecule is CN(C)C(SCc1ccc(Cl)cc1)=[N+](C)C. The second-order valence-corrected chi connectivity index (χ2v) is 5.37. The minimum absolute atomic E-state index is 0.790. The van der Waals surface area contributed by atoms with E-state index < -0.39 is 0 Å². The van der Waals surface area contributed by atoms with Crippen molar-refractivity contribution in [3.63, 3.8) is 0 Å². The maximum absolute atomic E-state index is 5.85. The lowest BCUT2D eigenvalue weighted by atomic mass is 10.2. The third-order valence-corrected chi connectivity index (χ3v) is 3.76. The summed E-state index contributed by atoms with van der Waals surface area (Å²) >= 11 is 7.67. The minimum Gasteiger partial charge on any atom is -0.262 e. The molecule has 0 unspecified atom stereocenters. The minimum atomic E-state index is 0.790. The molecular weight excluding hydrogens is 240 g/mol. The fraction of sp³-hybridized carbons (Fsp3) is 0.417. The van der Waals surface area contributed by atoms with Crippen LogP contribution in [0.15, 0.2) is 24.3 Å². The molecule has 4 heteroatoms. The molecule has 0 bridgehead atoms. The van der Waals surface area contributed by atoms with E-state index in [4.69, 9.17) is 11.6 Å². The Hall–Kier alpha value is -0.670. The molecule has 88 valence electrons. The first-order chi connectivity index (χ1) is 7.50. The van der Waals surface area contributed by atoms with Crippen molar-refractivity contribution in [2.75, 3.05) is 28.2 Å². The van der Waals surface area contributed by atoms with Gasteiger partial charge in [0.05, 0.1) is 28.2 Å². The van der Waals surface area contributed by atoms with E-state index in [1.54, 1.807) is 0 Å². The highest BCUT2D eigenvalue weighted by molar-refractivity contribution is 8.12. The largest absolute Gasteiger partial charge is 0.307 e. The molecule has 0 radical (unpaired) electrons. The van der Waals surface area contributed by atoms with Gasteiger partial charge in [0, 0.05) is 10.8 Å². The number of benzene rings is 1. The molecule has 0 spiro atoms. The van der Waals surface area contributed by atoms with Gasteiger partial charge in [0.15, 0.2) is 0 Å². The van der Waals surface area contributed by atoms with Crippen LogP contribution in [0.3, 0.4) is 0 Å². The molecule has 2 nitrogen and oxygen atoms in total. The van der Waals surface area contributed by atoms with Crippen LogP contribution in [0.2, 0.25) is 5.02 Å². The normalized spacial score (nSPS) is 10.1. The Morgan fingerprint density at radius 1 is 1.25 bits per heavy atom. The molecule has 0 aromatic heterocycles. The first-order valence-electron chi connectivity index (χ1n) is 5.09. The maximum Gasteiger partial charge on any atom is 0.307 e. The topological polar surface area (TPSA) is 6.25 Å². The molecule has 0 N–H and O–H groups in total. The second-order valence-electron chi connectivity index (χ2n) is 3.99. The molecule has 1 aromatic rings. The molecule has 0 fully saturated rings. The zero-order valence-corrected chi connectivity index (χ0v) is 11.8. The molecule has 0 aliphatic rings. The quantitative estimate of drug-likeness (QED) is 0.457. The lowest BCUT2D eigenvalue weighted by Crippen LogP contribution is -2.26. The highest BCUT2D eigenvalue weighted by atomic mass is 35.5. The zero-order chi connectivity index (χ0) is 12.1. The van der Waals surface area contributed by atoms with Gasteiger partial charge < -0.3 is 0 Å². The predicted molar refractivity (Wildman–Crippen MR) is 73.5 cm³/mol. The van der Waals surface area contributed by atoms with E-state index in [-0.39, 0.29) is 0 Å². The Morgan fingerprint density at radius 3 is 2.25 bits per heavy atom. The summed E-state index contributed by atoms with van der Waals surface area (Å²) in [6.07, 6.45) is 0. The summed E-state index contributed by atoms with van der Waals surface area (Å²) in [7, 11) is 8.24. The van der Waals surface area contributed by atoms with Gasteiger partial charge in [0.25, 0.3) is 0 Å². The van der Waals surface area contributed by atoms with Gasteiger partial charge in [0.2, 0.25) is 0 Å². The van der Waals surface area contributed by atoms with E-state index in [0.717, 1.165) is 10.8 Å².